The Balaban J connectivity index is 1.81. The summed E-state index contributed by atoms with van der Waals surface area (Å²) in [5, 5.41) is 11.1. The zero-order valence-corrected chi connectivity index (χ0v) is 20.4. The average Bonchev–Trinajstić information content (AvgIpc) is 3.27. The Bertz CT molecular complexity index is 1370. The molecule has 0 saturated heterocycles. The van der Waals surface area contributed by atoms with E-state index in [2.05, 4.69) is 15.6 Å². The van der Waals surface area contributed by atoms with Crippen LogP contribution >= 0.6 is 0 Å². The van der Waals surface area contributed by atoms with Crippen LogP contribution in [0.2, 0.25) is 0 Å². The van der Waals surface area contributed by atoms with Gasteiger partial charge in [0.2, 0.25) is 11.8 Å². The number of anilines is 1. The minimum absolute atomic E-state index is 0.142. The van der Waals surface area contributed by atoms with E-state index >= 15 is 0 Å². The summed E-state index contributed by atoms with van der Waals surface area (Å²) >= 11 is 0. The molecule has 9 heteroatoms. The summed E-state index contributed by atoms with van der Waals surface area (Å²) in [5.41, 5.74) is 4.17. The summed E-state index contributed by atoms with van der Waals surface area (Å²) in [4.78, 5) is 29.0. The molecule has 3 aromatic carbocycles. The summed E-state index contributed by atoms with van der Waals surface area (Å²) in [6.07, 6.45) is 0. The van der Waals surface area contributed by atoms with Crippen molar-refractivity contribution in [3.8, 4) is 0 Å². The van der Waals surface area contributed by atoms with Crippen molar-refractivity contribution in [2.24, 2.45) is 0 Å². The molecule has 1 atom stereocenters. The molecule has 0 spiro atoms. The Kier molecular flexibility index (Phi) is 7.70. The lowest BCUT2D eigenvalue weighted by Gasteiger charge is -2.33. The van der Waals surface area contributed by atoms with Crippen LogP contribution in [0.3, 0.4) is 0 Å². The van der Waals surface area contributed by atoms with Gasteiger partial charge in [0.05, 0.1) is 12.1 Å². The number of carbonyl (C=O) groups is 2. The quantitative estimate of drug-likeness (QED) is 0.362. The van der Waals surface area contributed by atoms with E-state index in [4.69, 9.17) is 4.74 Å². The number of ether oxygens (including phenoxy) is 1. The van der Waals surface area contributed by atoms with Gasteiger partial charge in [-0.1, -0.05) is 41.6 Å². The lowest BCUT2D eigenvalue weighted by atomic mass is 10.0. The molecule has 0 aliphatic rings. The molecule has 0 radical (unpaired) electrons. The molecule has 0 aliphatic heterocycles. The second-order valence-corrected chi connectivity index (χ2v) is 8.53. The molecular weight excluding hydrogens is 461 g/mol. The molecule has 0 bridgehead atoms. The number of halogens is 1. The van der Waals surface area contributed by atoms with Crippen LogP contribution in [0, 0.1) is 19.7 Å². The number of hydrogen-bond acceptors (Lipinski definition) is 5. The number of methoxy groups -OCH3 is 1. The van der Waals surface area contributed by atoms with Crippen molar-refractivity contribution in [1.29, 1.82) is 0 Å². The van der Waals surface area contributed by atoms with E-state index < -0.39 is 17.8 Å². The summed E-state index contributed by atoms with van der Waals surface area (Å²) in [6, 6.07) is 17.6. The molecule has 186 valence electrons. The van der Waals surface area contributed by atoms with Gasteiger partial charge in [-0.25, -0.2) is 9.07 Å². The van der Waals surface area contributed by atoms with E-state index in [-0.39, 0.29) is 19.0 Å². The molecule has 8 nitrogen and oxygen atoms in total. The molecule has 0 fully saturated rings. The SMILES string of the molecule is COCCNC(=O)C(c1ccc(F)cc1)N(C(=O)Cn1nnc2ccccc21)c1cc(C)ccc1C. The number of aromatic nitrogens is 3. The molecule has 1 unspecified atom stereocenters. The first-order valence-electron chi connectivity index (χ1n) is 11.6. The third-order valence-electron chi connectivity index (χ3n) is 5.90. The molecule has 4 aromatic rings. The molecule has 2 amide bonds. The first-order chi connectivity index (χ1) is 17.4. The van der Waals surface area contributed by atoms with Crippen LogP contribution in [0.5, 0.6) is 0 Å². The van der Waals surface area contributed by atoms with Crippen LogP contribution < -0.4 is 10.2 Å². The number of hydrogen-bond donors (Lipinski definition) is 1. The van der Waals surface area contributed by atoms with Crippen LogP contribution in [0.15, 0.2) is 66.7 Å². The van der Waals surface area contributed by atoms with E-state index in [9.17, 15) is 14.0 Å². The lowest BCUT2D eigenvalue weighted by molar-refractivity contribution is -0.127. The van der Waals surface area contributed by atoms with Crippen molar-refractivity contribution in [2.75, 3.05) is 25.2 Å². The number of nitrogens with zero attached hydrogens (tertiary/aromatic N) is 4. The predicted molar refractivity (Wildman–Crippen MR) is 135 cm³/mol. The average molecular weight is 490 g/mol. The maximum Gasteiger partial charge on any atom is 0.249 e. The highest BCUT2D eigenvalue weighted by Gasteiger charge is 2.34. The third kappa shape index (κ3) is 5.41. The zero-order chi connectivity index (χ0) is 25.7. The second-order valence-electron chi connectivity index (χ2n) is 8.53. The van der Waals surface area contributed by atoms with E-state index in [1.54, 1.807) is 0 Å². The van der Waals surface area contributed by atoms with Crippen molar-refractivity contribution >= 4 is 28.5 Å². The molecule has 0 aliphatic carbocycles. The van der Waals surface area contributed by atoms with Gasteiger partial charge in [0, 0.05) is 19.3 Å². The summed E-state index contributed by atoms with van der Waals surface area (Å²) in [5.74, 6) is -1.21. The number of amides is 2. The lowest BCUT2D eigenvalue weighted by Crippen LogP contribution is -2.46. The Morgan fingerprint density at radius 2 is 1.83 bits per heavy atom. The zero-order valence-electron chi connectivity index (χ0n) is 20.4. The molecule has 1 heterocycles. The van der Waals surface area contributed by atoms with Gasteiger partial charge in [-0.15, -0.1) is 5.10 Å². The first-order valence-corrected chi connectivity index (χ1v) is 11.6. The minimum Gasteiger partial charge on any atom is -0.383 e. The number of rotatable bonds is 9. The molecule has 4 rings (SSSR count). The minimum atomic E-state index is -1.05. The van der Waals surface area contributed by atoms with Gasteiger partial charge in [-0.2, -0.15) is 0 Å². The van der Waals surface area contributed by atoms with E-state index in [0.717, 1.165) is 11.1 Å². The topological polar surface area (TPSA) is 89.4 Å². The molecule has 36 heavy (non-hydrogen) atoms. The maximum atomic E-state index is 14.0. The van der Waals surface area contributed by atoms with Crippen molar-refractivity contribution < 1.29 is 18.7 Å². The van der Waals surface area contributed by atoms with Gasteiger partial charge < -0.3 is 10.1 Å². The van der Waals surface area contributed by atoms with Crippen LogP contribution in [-0.4, -0.2) is 47.1 Å². The highest BCUT2D eigenvalue weighted by atomic mass is 19.1. The Morgan fingerprint density at radius 3 is 2.58 bits per heavy atom. The van der Waals surface area contributed by atoms with Gasteiger partial charge in [0.1, 0.15) is 23.9 Å². The largest absolute Gasteiger partial charge is 0.383 e. The Morgan fingerprint density at radius 1 is 1.08 bits per heavy atom. The van der Waals surface area contributed by atoms with Gasteiger partial charge in [-0.3, -0.25) is 14.5 Å². The number of aryl methyl sites for hydroxylation is 2. The fraction of sp³-hybridized carbons (Fsp3) is 0.259. The second kappa shape index (κ2) is 11.1. The number of fused-ring (bicyclic) bond motifs is 1. The van der Waals surface area contributed by atoms with Crippen molar-refractivity contribution in [2.45, 2.75) is 26.4 Å². The monoisotopic (exact) mass is 489 g/mol. The smallest absolute Gasteiger partial charge is 0.249 e. The first kappa shape index (κ1) is 25.0. The van der Waals surface area contributed by atoms with Gasteiger partial charge in [0.25, 0.3) is 0 Å². The van der Waals surface area contributed by atoms with E-state index in [1.165, 1.54) is 41.0 Å². The summed E-state index contributed by atoms with van der Waals surface area (Å²) in [7, 11) is 1.54. The standard InChI is InChI=1S/C27H28FN5O3/c1-18-8-9-19(2)24(16-18)33(25(34)17-32-23-7-5-4-6-22(23)30-31-32)26(27(35)29-14-15-36-3)20-10-12-21(28)13-11-20/h4-13,16,26H,14-15,17H2,1-3H3,(H,29,35). The highest BCUT2D eigenvalue weighted by molar-refractivity contribution is 6.02. The van der Waals surface area contributed by atoms with Gasteiger partial charge in [-0.05, 0) is 60.9 Å². The number of carbonyl (C=O) groups excluding carboxylic acids is 2. The van der Waals surface area contributed by atoms with Crippen LogP contribution in [-0.2, 0) is 20.9 Å². The maximum absolute atomic E-state index is 14.0. The number of nitrogens with one attached hydrogen (secondary N) is 1. The summed E-state index contributed by atoms with van der Waals surface area (Å²) < 4.78 is 20.4. The molecular formula is C27H28FN5O3. The van der Waals surface area contributed by atoms with E-state index in [1.807, 2.05) is 56.3 Å². The van der Waals surface area contributed by atoms with Crippen molar-refractivity contribution in [3.63, 3.8) is 0 Å². The number of benzene rings is 3. The van der Waals surface area contributed by atoms with Crippen molar-refractivity contribution in [1.82, 2.24) is 20.3 Å². The normalized spacial score (nSPS) is 11.9. The number of para-hydroxylation sites is 1. The van der Waals surface area contributed by atoms with Crippen LogP contribution in [0.4, 0.5) is 10.1 Å². The van der Waals surface area contributed by atoms with Gasteiger partial charge in [0.15, 0.2) is 0 Å². The molecule has 1 N–H and O–H groups in total. The fourth-order valence-corrected chi connectivity index (χ4v) is 4.07. The Labute approximate surface area is 208 Å². The van der Waals surface area contributed by atoms with Gasteiger partial charge >= 0.3 is 0 Å². The summed E-state index contributed by atoms with van der Waals surface area (Å²) in [6.45, 7) is 4.23. The highest BCUT2D eigenvalue weighted by Crippen LogP contribution is 2.32. The predicted octanol–water partition coefficient (Wildman–Crippen LogP) is 3.72. The fourth-order valence-electron chi connectivity index (χ4n) is 4.07. The Hall–Kier alpha value is -4.11. The molecule has 0 saturated carbocycles. The molecule has 1 aromatic heterocycles. The van der Waals surface area contributed by atoms with Crippen LogP contribution in [0.1, 0.15) is 22.7 Å². The van der Waals surface area contributed by atoms with Crippen LogP contribution in [0.25, 0.3) is 11.0 Å². The third-order valence-corrected chi connectivity index (χ3v) is 5.90. The van der Waals surface area contributed by atoms with Crippen molar-refractivity contribution in [3.05, 3.63) is 89.2 Å². The van der Waals surface area contributed by atoms with E-state index in [0.29, 0.717) is 28.9 Å².